The van der Waals surface area contributed by atoms with Gasteiger partial charge in [0.25, 0.3) is 0 Å². The molecule has 0 radical (unpaired) electrons. The summed E-state index contributed by atoms with van der Waals surface area (Å²) >= 11 is 0. The first kappa shape index (κ1) is 12.3. The third-order valence-electron chi connectivity index (χ3n) is 2.70. The molecule has 0 unspecified atom stereocenters. The SMILES string of the molecule is CCn1cc(NCc2ccc(O)c(OC)c2)cn1. The highest BCUT2D eigenvalue weighted by atomic mass is 16.5. The summed E-state index contributed by atoms with van der Waals surface area (Å²) in [5.41, 5.74) is 2.01. The molecule has 2 N–H and O–H groups in total. The molecule has 0 bridgehead atoms. The lowest BCUT2D eigenvalue weighted by Crippen LogP contribution is -1.99. The van der Waals surface area contributed by atoms with Gasteiger partial charge < -0.3 is 15.2 Å². The minimum atomic E-state index is 0.153. The van der Waals surface area contributed by atoms with Crippen LogP contribution in [-0.2, 0) is 13.1 Å². The van der Waals surface area contributed by atoms with Gasteiger partial charge in [0.2, 0.25) is 0 Å². The number of anilines is 1. The van der Waals surface area contributed by atoms with E-state index in [1.54, 1.807) is 12.3 Å². The molecule has 18 heavy (non-hydrogen) atoms. The molecule has 5 nitrogen and oxygen atoms in total. The monoisotopic (exact) mass is 247 g/mol. The molecule has 0 amide bonds. The van der Waals surface area contributed by atoms with E-state index in [1.807, 2.05) is 29.9 Å². The molecule has 0 saturated heterocycles. The third kappa shape index (κ3) is 2.74. The molecule has 1 aromatic carbocycles. The number of aromatic nitrogens is 2. The van der Waals surface area contributed by atoms with Crippen molar-refractivity contribution in [1.82, 2.24) is 9.78 Å². The van der Waals surface area contributed by atoms with Crippen molar-refractivity contribution in [2.24, 2.45) is 0 Å². The summed E-state index contributed by atoms with van der Waals surface area (Å²) in [5, 5.41) is 16.9. The van der Waals surface area contributed by atoms with Crippen molar-refractivity contribution in [3.05, 3.63) is 36.2 Å². The van der Waals surface area contributed by atoms with Gasteiger partial charge in [0.15, 0.2) is 11.5 Å². The topological polar surface area (TPSA) is 59.3 Å². The number of hydrogen-bond acceptors (Lipinski definition) is 4. The summed E-state index contributed by atoms with van der Waals surface area (Å²) in [7, 11) is 1.54. The number of rotatable bonds is 5. The van der Waals surface area contributed by atoms with Crippen LogP contribution in [0.4, 0.5) is 5.69 Å². The van der Waals surface area contributed by atoms with E-state index in [1.165, 1.54) is 7.11 Å². The Morgan fingerprint density at radius 3 is 2.94 bits per heavy atom. The van der Waals surface area contributed by atoms with Crippen molar-refractivity contribution in [2.45, 2.75) is 20.0 Å². The molecule has 2 rings (SSSR count). The second-order valence-corrected chi connectivity index (χ2v) is 3.94. The molecule has 0 spiro atoms. The summed E-state index contributed by atoms with van der Waals surface area (Å²) in [5.74, 6) is 0.638. The lowest BCUT2D eigenvalue weighted by molar-refractivity contribution is 0.373. The van der Waals surface area contributed by atoms with Gasteiger partial charge in [-0.25, -0.2) is 0 Å². The molecule has 0 aliphatic carbocycles. The Hall–Kier alpha value is -2.17. The Kier molecular flexibility index (Phi) is 3.72. The number of nitrogens with one attached hydrogen (secondary N) is 1. The smallest absolute Gasteiger partial charge is 0.160 e. The zero-order chi connectivity index (χ0) is 13.0. The van der Waals surface area contributed by atoms with E-state index in [0.717, 1.165) is 17.8 Å². The van der Waals surface area contributed by atoms with E-state index in [4.69, 9.17) is 4.74 Å². The number of phenolic OH excluding ortho intramolecular Hbond substituents is 1. The summed E-state index contributed by atoms with van der Waals surface area (Å²) in [6, 6.07) is 5.30. The van der Waals surface area contributed by atoms with Crippen LogP contribution in [-0.4, -0.2) is 22.0 Å². The maximum absolute atomic E-state index is 9.50. The van der Waals surface area contributed by atoms with E-state index in [0.29, 0.717) is 12.3 Å². The zero-order valence-corrected chi connectivity index (χ0v) is 10.6. The highest BCUT2D eigenvalue weighted by Crippen LogP contribution is 2.26. The number of hydrogen-bond donors (Lipinski definition) is 2. The van der Waals surface area contributed by atoms with E-state index in [9.17, 15) is 5.11 Å². The van der Waals surface area contributed by atoms with E-state index in [-0.39, 0.29) is 5.75 Å². The molecule has 1 heterocycles. The second-order valence-electron chi connectivity index (χ2n) is 3.94. The van der Waals surface area contributed by atoms with Crippen LogP contribution in [0.1, 0.15) is 12.5 Å². The Bertz CT molecular complexity index is 523. The van der Waals surface area contributed by atoms with E-state index >= 15 is 0 Å². The van der Waals surface area contributed by atoms with Crippen LogP contribution in [0, 0.1) is 0 Å². The fourth-order valence-electron chi connectivity index (χ4n) is 1.66. The van der Waals surface area contributed by atoms with Gasteiger partial charge >= 0.3 is 0 Å². The van der Waals surface area contributed by atoms with Crippen LogP contribution in [0.15, 0.2) is 30.6 Å². The second kappa shape index (κ2) is 5.44. The average Bonchev–Trinajstić information content (AvgIpc) is 2.86. The third-order valence-corrected chi connectivity index (χ3v) is 2.70. The van der Waals surface area contributed by atoms with Gasteiger partial charge in [-0.3, -0.25) is 4.68 Å². The Morgan fingerprint density at radius 1 is 1.44 bits per heavy atom. The molecule has 0 aliphatic rings. The number of phenols is 1. The molecule has 96 valence electrons. The molecule has 2 aromatic rings. The van der Waals surface area contributed by atoms with Crippen LogP contribution >= 0.6 is 0 Å². The number of nitrogens with zero attached hydrogens (tertiary/aromatic N) is 2. The average molecular weight is 247 g/mol. The molecular weight excluding hydrogens is 230 g/mol. The lowest BCUT2D eigenvalue weighted by atomic mass is 10.2. The van der Waals surface area contributed by atoms with Crippen molar-refractivity contribution in [3.8, 4) is 11.5 Å². The van der Waals surface area contributed by atoms with Crippen LogP contribution in [0.5, 0.6) is 11.5 Å². The first-order chi connectivity index (χ1) is 8.72. The van der Waals surface area contributed by atoms with E-state index < -0.39 is 0 Å². The fourth-order valence-corrected chi connectivity index (χ4v) is 1.66. The van der Waals surface area contributed by atoms with Gasteiger partial charge in [0.1, 0.15) is 0 Å². The molecule has 0 saturated carbocycles. The van der Waals surface area contributed by atoms with Crippen molar-refractivity contribution in [3.63, 3.8) is 0 Å². The van der Waals surface area contributed by atoms with Crippen LogP contribution < -0.4 is 10.1 Å². The largest absolute Gasteiger partial charge is 0.504 e. The van der Waals surface area contributed by atoms with Gasteiger partial charge in [-0.05, 0) is 24.6 Å². The minimum absolute atomic E-state index is 0.153. The predicted molar refractivity (Wildman–Crippen MR) is 69.9 cm³/mol. The molecule has 1 aromatic heterocycles. The molecule has 0 fully saturated rings. The van der Waals surface area contributed by atoms with Crippen molar-refractivity contribution < 1.29 is 9.84 Å². The number of ether oxygens (including phenoxy) is 1. The summed E-state index contributed by atoms with van der Waals surface area (Å²) in [6.07, 6.45) is 3.75. The lowest BCUT2D eigenvalue weighted by Gasteiger charge is -2.07. The molecule has 0 atom stereocenters. The van der Waals surface area contributed by atoms with Gasteiger partial charge in [-0.1, -0.05) is 6.07 Å². The number of benzene rings is 1. The van der Waals surface area contributed by atoms with E-state index in [2.05, 4.69) is 10.4 Å². The molecular formula is C13H17N3O2. The quantitative estimate of drug-likeness (QED) is 0.850. The number of aromatic hydroxyl groups is 1. The summed E-state index contributed by atoms with van der Waals surface area (Å²) in [4.78, 5) is 0. The van der Waals surface area contributed by atoms with Crippen LogP contribution in [0.25, 0.3) is 0 Å². The van der Waals surface area contributed by atoms with Crippen molar-refractivity contribution in [2.75, 3.05) is 12.4 Å². The standard InChI is InChI=1S/C13H17N3O2/c1-3-16-9-11(8-15-16)14-7-10-4-5-12(17)13(6-10)18-2/h4-6,8-9,14,17H,3,7H2,1-2H3. The fraction of sp³-hybridized carbons (Fsp3) is 0.308. The summed E-state index contributed by atoms with van der Waals surface area (Å²) < 4.78 is 6.93. The van der Waals surface area contributed by atoms with Gasteiger partial charge in [-0.2, -0.15) is 5.10 Å². The Labute approximate surface area is 106 Å². The highest BCUT2D eigenvalue weighted by Gasteiger charge is 2.03. The zero-order valence-electron chi connectivity index (χ0n) is 10.6. The first-order valence-electron chi connectivity index (χ1n) is 5.85. The maximum Gasteiger partial charge on any atom is 0.160 e. The van der Waals surface area contributed by atoms with Gasteiger partial charge in [-0.15, -0.1) is 0 Å². The number of aryl methyl sites for hydroxylation is 1. The minimum Gasteiger partial charge on any atom is -0.504 e. The normalized spacial score (nSPS) is 10.3. The molecule has 5 heteroatoms. The first-order valence-corrected chi connectivity index (χ1v) is 5.85. The van der Waals surface area contributed by atoms with Gasteiger partial charge in [0.05, 0.1) is 19.0 Å². The maximum atomic E-state index is 9.50. The Morgan fingerprint density at radius 2 is 2.28 bits per heavy atom. The highest BCUT2D eigenvalue weighted by molar-refractivity contribution is 5.44. The Balaban J connectivity index is 2.01. The molecule has 0 aliphatic heterocycles. The number of methoxy groups -OCH3 is 1. The van der Waals surface area contributed by atoms with Crippen molar-refractivity contribution >= 4 is 5.69 Å². The van der Waals surface area contributed by atoms with Gasteiger partial charge in [0, 0.05) is 19.3 Å². The van der Waals surface area contributed by atoms with Crippen LogP contribution in [0.2, 0.25) is 0 Å². The predicted octanol–water partition coefficient (Wildman–Crippen LogP) is 2.23. The van der Waals surface area contributed by atoms with Crippen LogP contribution in [0.3, 0.4) is 0 Å². The summed E-state index contributed by atoms with van der Waals surface area (Å²) in [6.45, 7) is 3.56. The van der Waals surface area contributed by atoms with Crippen molar-refractivity contribution in [1.29, 1.82) is 0 Å².